The van der Waals surface area contributed by atoms with Crippen LogP contribution in [0.4, 0.5) is 26.3 Å². The number of pyridine rings is 1. The third-order valence-corrected chi connectivity index (χ3v) is 2.05. The van der Waals surface area contributed by atoms with Gasteiger partial charge in [0, 0.05) is 11.6 Å². The van der Waals surface area contributed by atoms with Crippen molar-refractivity contribution >= 4 is 0 Å². The van der Waals surface area contributed by atoms with Crippen LogP contribution in [0.3, 0.4) is 0 Å². The van der Waals surface area contributed by atoms with Gasteiger partial charge in [-0.1, -0.05) is 0 Å². The zero-order chi connectivity index (χ0) is 15.6. The van der Waals surface area contributed by atoms with Crippen LogP contribution in [-0.4, -0.2) is 18.5 Å². The van der Waals surface area contributed by atoms with E-state index in [-0.39, 0.29) is 0 Å². The summed E-state index contributed by atoms with van der Waals surface area (Å²) in [5.74, 6) is -2.07. The summed E-state index contributed by atoms with van der Waals surface area (Å²) in [5, 5.41) is 8.45. The van der Waals surface area contributed by atoms with Gasteiger partial charge in [-0.2, -0.15) is 23.4 Å². The Bertz CT molecular complexity index is 532. The second kappa shape index (κ2) is 5.44. The summed E-state index contributed by atoms with van der Waals surface area (Å²) in [4.78, 5) is 3.15. The van der Waals surface area contributed by atoms with E-state index in [0.717, 1.165) is 7.11 Å². The molecule has 10 heteroatoms. The minimum atomic E-state index is -5.24. The fourth-order valence-electron chi connectivity index (χ4n) is 1.33. The molecule has 0 aliphatic heterocycles. The number of aromatic nitrogens is 1. The number of ether oxygens (including phenoxy) is 2. The first-order valence-electron chi connectivity index (χ1n) is 4.86. The molecule has 0 spiro atoms. The molecule has 0 saturated heterocycles. The maximum atomic E-state index is 12.8. The molecular formula is C10H6F6N2O2. The lowest BCUT2D eigenvalue weighted by Gasteiger charge is -2.17. The molecule has 0 aliphatic rings. The molecule has 1 aromatic heterocycles. The quantitative estimate of drug-likeness (QED) is 0.805. The van der Waals surface area contributed by atoms with Crippen molar-refractivity contribution in [1.82, 2.24) is 4.98 Å². The summed E-state index contributed by atoms with van der Waals surface area (Å²) in [6.45, 7) is 0. The Labute approximate surface area is 108 Å². The van der Waals surface area contributed by atoms with Gasteiger partial charge in [-0.3, -0.25) is 0 Å². The van der Waals surface area contributed by atoms with Gasteiger partial charge >= 0.3 is 12.5 Å². The number of nitrogens with zero attached hydrogens (tertiary/aromatic N) is 2. The van der Waals surface area contributed by atoms with E-state index in [4.69, 9.17) is 5.26 Å². The minimum Gasteiger partial charge on any atom is -0.481 e. The number of alkyl halides is 6. The van der Waals surface area contributed by atoms with Crippen molar-refractivity contribution in [2.75, 3.05) is 7.11 Å². The largest absolute Gasteiger partial charge is 0.574 e. The lowest BCUT2D eigenvalue weighted by Crippen LogP contribution is -2.21. The summed E-state index contributed by atoms with van der Waals surface area (Å²) in [6.07, 6.45) is -11.2. The Morgan fingerprint density at radius 1 is 1.25 bits per heavy atom. The van der Waals surface area contributed by atoms with Crippen molar-refractivity contribution < 1.29 is 35.8 Å². The smallest absolute Gasteiger partial charge is 0.481 e. The average Bonchev–Trinajstić information content (AvgIpc) is 2.27. The Hall–Kier alpha value is -2.18. The van der Waals surface area contributed by atoms with Gasteiger partial charge in [0.25, 0.3) is 0 Å². The average molecular weight is 300 g/mol. The topological polar surface area (TPSA) is 55.1 Å². The number of hydrogen-bond acceptors (Lipinski definition) is 4. The van der Waals surface area contributed by atoms with E-state index >= 15 is 0 Å². The first kappa shape index (κ1) is 15.9. The number of hydrogen-bond donors (Lipinski definition) is 0. The highest BCUT2D eigenvalue weighted by Gasteiger charge is 2.39. The summed E-state index contributed by atoms with van der Waals surface area (Å²) in [7, 11) is 0.934. The molecule has 0 fully saturated rings. The first-order valence-corrected chi connectivity index (χ1v) is 4.86. The molecule has 1 heterocycles. The van der Waals surface area contributed by atoms with Gasteiger partial charge < -0.3 is 9.47 Å². The predicted molar refractivity (Wildman–Crippen MR) is 51.8 cm³/mol. The van der Waals surface area contributed by atoms with Crippen LogP contribution in [0, 0.1) is 11.3 Å². The Balaban J connectivity index is 3.51. The summed E-state index contributed by atoms with van der Waals surface area (Å²) >= 11 is 0. The molecule has 0 aromatic carbocycles. The Morgan fingerprint density at radius 2 is 1.85 bits per heavy atom. The van der Waals surface area contributed by atoms with Crippen molar-refractivity contribution in [3.63, 3.8) is 0 Å². The van der Waals surface area contributed by atoms with Crippen LogP contribution in [0.1, 0.15) is 11.1 Å². The number of nitriles is 1. The van der Waals surface area contributed by atoms with E-state index in [1.807, 2.05) is 0 Å². The van der Waals surface area contributed by atoms with Crippen LogP contribution in [0.5, 0.6) is 11.8 Å². The van der Waals surface area contributed by atoms with Gasteiger partial charge in [0.2, 0.25) is 11.8 Å². The molecule has 0 radical (unpaired) electrons. The van der Waals surface area contributed by atoms with E-state index in [1.165, 1.54) is 6.07 Å². The van der Waals surface area contributed by atoms with Gasteiger partial charge in [0.15, 0.2) is 0 Å². The van der Waals surface area contributed by atoms with Crippen LogP contribution < -0.4 is 9.47 Å². The van der Waals surface area contributed by atoms with Gasteiger partial charge in [-0.15, -0.1) is 13.2 Å². The zero-order valence-corrected chi connectivity index (χ0v) is 9.76. The normalized spacial score (nSPS) is 11.9. The fourth-order valence-corrected chi connectivity index (χ4v) is 1.33. The van der Waals surface area contributed by atoms with E-state index in [2.05, 4.69) is 14.5 Å². The SMILES string of the molecule is COc1cc(C(F)(F)F)c(CC#N)c(OC(F)(F)F)n1. The second-order valence-corrected chi connectivity index (χ2v) is 3.38. The third-order valence-electron chi connectivity index (χ3n) is 2.05. The zero-order valence-electron chi connectivity index (χ0n) is 9.76. The van der Waals surface area contributed by atoms with E-state index in [0.29, 0.717) is 6.07 Å². The molecule has 0 bridgehead atoms. The predicted octanol–water partition coefficient (Wildman–Crippen LogP) is 3.07. The van der Waals surface area contributed by atoms with Crippen molar-refractivity contribution in [1.29, 1.82) is 5.26 Å². The Morgan fingerprint density at radius 3 is 2.25 bits per heavy atom. The second-order valence-electron chi connectivity index (χ2n) is 3.38. The number of rotatable bonds is 3. The summed E-state index contributed by atoms with van der Waals surface area (Å²) in [5.41, 5.74) is -2.47. The van der Waals surface area contributed by atoms with Crippen LogP contribution in [0.2, 0.25) is 0 Å². The molecule has 0 amide bonds. The van der Waals surface area contributed by atoms with Crippen LogP contribution in [0.15, 0.2) is 6.07 Å². The standard InChI is InChI=1S/C10H6F6N2O2/c1-19-7-4-6(9(11,12)13)5(2-3-17)8(18-7)20-10(14,15)16/h4H,2H2,1H3. The van der Waals surface area contributed by atoms with Gasteiger partial charge in [-0.05, 0) is 0 Å². The fraction of sp³-hybridized carbons (Fsp3) is 0.400. The van der Waals surface area contributed by atoms with E-state index in [1.54, 1.807) is 0 Å². The van der Waals surface area contributed by atoms with Crippen LogP contribution in [-0.2, 0) is 12.6 Å². The van der Waals surface area contributed by atoms with Crippen molar-refractivity contribution in [3.8, 4) is 17.8 Å². The lowest BCUT2D eigenvalue weighted by atomic mass is 10.1. The maximum Gasteiger partial charge on any atom is 0.574 e. The molecule has 0 N–H and O–H groups in total. The molecule has 0 atom stereocenters. The summed E-state index contributed by atoms with van der Waals surface area (Å²) in [6, 6.07) is 1.73. The highest BCUT2D eigenvalue weighted by molar-refractivity contribution is 5.42. The molecular weight excluding hydrogens is 294 g/mol. The van der Waals surface area contributed by atoms with Crippen molar-refractivity contribution in [2.45, 2.75) is 19.0 Å². The lowest BCUT2D eigenvalue weighted by molar-refractivity contribution is -0.276. The van der Waals surface area contributed by atoms with E-state index in [9.17, 15) is 26.3 Å². The number of methoxy groups -OCH3 is 1. The molecule has 1 rings (SSSR count). The molecule has 0 aliphatic carbocycles. The Kier molecular flexibility index (Phi) is 4.32. The molecule has 20 heavy (non-hydrogen) atoms. The minimum absolute atomic E-state index is 0.399. The molecule has 110 valence electrons. The van der Waals surface area contributed by atoms with Gasteiger partial charge in [-0.25, -0.2) is 0 Å². The monoisotopic (exact) mass is 300 g/mol. The molecule has 0 unspecified atom stereocenters. The first-order chi connectivity index (χ1) is 9.08. The van der Waals surface area contributed by atoms with Crippen molar-refractivity contribution in [2.24, 2.45) is 0 Å². The number of halogens is 6. The third kappa shape index (κ3) is 3.91. The van der Waals surface area contributed by atoms with Crippen LogP contribution >= 0.6 is 0 Å². The van der Waals surface area contributed by atoms with Gasteiger partial charge in [0.05, 0.1) is 25.2 Å². The highest BCUT2D eigenvalue weighted by Crippen LogP contribution is 2.39. The van der Waals surface area contributed by atoms with Crippen molar-refractivity contribution in [3.05, 3.63) is 17.2 Å². The van der Waals surface area contributed by atoms with Gasteiger partial charge in [0.1, 0.15) is 0 Å². The molecule has 4 nitrogen and oxygen atoms in total. The van der Waals surface area contributed by atoms with E-state index < -0.39 is 41.8 Å². The maximum absolute atomic E-state index is 12.8. The van der Waals surface area contributed by atoms with Crippen LogP contribution in [0.25, 0.3) is 0 Å². The molecule has 0 saturated carbocycles. The molecule has 1 aromatic rings. The highest BCUT2D eigenvalue weighted by atomic mass is 19.4. The summed E-state index contributed by atoms with van der Waals surface area (Å²) < 4.78 is 82.6.